The maximum absolute atomic E-state index is 11.2. The van der Waals surface area contributed by atoms with Gasteiger partial charge < -0.3 is 25.5 Å². The Morgan fingerprint density at radius 3 is 2.33 bits per heavy atom. The summed E-state index contributed by atoms with van der Waals surface area (Å²) in [6.07, 6.45) is 0.552. The molecule has 0 aromatic heterocycles. The molecule has 0 saturated heterocycles. The fraction of sp³-hybridized carbons (Fsp3) is 0.538. The van der Waals surface area contributed by atoms with Crippen molar-refractivity contribution in [2.75, 3.05) is 49.7 Å². The standard InChI is InChI=1S/C13H21N3O5/c17-7-1-4-14-11-2-3-12(13(10-11)16(20)21)15(5-8-18)6-9-19/h2-3,10,14,17-19H,1,4-9H2. The number of benzene rings is 1. The number of rotatable bonds is 10. The van der Waals surface area contributed by atoms with Crippen LogP contribution in [-0.4, -0.2) is 59.7 Å². The Bertz CT molecular complexity index is 449. The molecule has 8 nitrogen and oxygen atoms in total. The van der Waals surface area contributed by atoms with Crippen molar-refractivity contribution in [3.05, 3.63) is 28.3 Å². The molecule has 0 spiro atoms. The van der Waals surface area contributed by atoms with Gasteiger partial charge in [0.15, 0.2) is 0 Å². The second-order valence-corrected chi connectivity index (χ2v) is 4.40. The van der Waals surface area contributed by atoms with Crippen LogP contribution in [0.3, 0.4) is 0 Å². The maximum Gasteiger partial charge on any atom is 0.294 e. The third-order valence-corrected chi connectivity index (χ3v) is 2.92. The van der Waals surface area contributed by atoms with Crippen LogP contribution in [0.1, 0.15) is 6.42 Å². The molecule has 0 unspecified atom stereocenters. The van der Waals surface area contributed by atoms with Gasteiger partial charge in [-0.2, -0.15) is 0 Å². The van der Waals surface area contributed by atoms with Gasteiger partial charge in [0, 0.05) is 38.0 Å². The second kappa shape index (κ2) is 9.11. The van der Waals surface area contributed by atoms with E-state index < -0.39 is 4.92 Å². The molecule has 0 aliphatic heterocycles. The number of nitro benzene ring substituents is 1. The molecule has 1 aromatic carbocycles. The first kappa shape index (κ1) is 17.2. The second-order valence-electron chi connectivity index (χ2n) is 4.40. The molecule has 21 heavy (non-hydrogen) atoms. The van der Waals surface area contributed by atoms with Crippen LogP contribution in [0.4, 0.5) is 17.1 Å². The predicted octanol–water partition coefficient (Wildman–Crippen LogP) is 0.180. The smallest absolute Gasteiger partial charge is 0.294 e. The van der Waals surface area contributed by atoms with E-state index >= 15 is 0 Å². The van der Waals surface area contributed by atoms with Gasteiger partial charge in [-0.15, -0.1) is 0 Å². The van der Waals surface area contributed by atoms with Crippen molar-refractivity contribution < 1.29 is 20.2 Å². The van der Waals surface area contributed by atoms with Crippen LogP contribution in [0.2, 0.25) is 0 Å². The molecule has 1 aromatic rings. The Kier molecular flexibility index (Phi) is 7.44. The van der Waals surface area contributed by atoms with E-state index in [1.54, 1.807) is 17.0 Å². The van der Waals surface area contributed by atoms with Crippen molar-refractivity contribution in [2.24, 2.45) is 0 Å². The topological polar surface area (TPSA) is 119 Å². The van der Waals surface area contributed by atoms with Gasteiger partial charge in [-0.05, 0) is 18.6 Å². The highest BCUT2D eigenvalue weighted by atomic mass is 16.6. The first-order valence-electron chi connectivity index (χ1n) is 6.74. The molecule has 0 radical (unpaired) electrons. The van der Waals surface area contributed by atoms with E-state index in [1.165, 1.54) is 6.07 Å². The third-order valence-electron chi connectivity index (χ3n) is 2.92. The van der Waals surface area contributed by atoms with Gasteiger partial charge in [0.05, 0.1) is 18.1 Å². The molecule has 0 aliphatic rings. The van der Waals surface area contributed by atoms with Crippen molar-refractivity contribution in [1.82, 2.24) is 0 Å². The Morgan fingerprint density at radius 1 is 1.14 bits per heavy atom. The van der Waals surface area contributed by atoms with Gasteiger partial charge in [-0.25, -0.2) is 0 Å². The molecule has 0 heterocycles. The zero-order chi connectivity index (χ0) is 15.7. The van der Waals surface area contributed by atoms with E-state index in [0.717, 1.165) is 0 Å². The minimum Gasteiger partial charge on any atom is -0.396 e. The summed E-state index contributed by atoms with van der Waals surface area (Å²) in [4.78, 5) is 12.3. The Labute approximate surface area is 122 Å². The number of nitrogens with zero attached hydrogens (tertiary/aromatic N) is 2. The van der Waals surface area contributed by atoms with Gasteiger partial charge in [0.2, 0.25) is 0 Å². The predicted molar refractivity (Wildman–Crippen MR) is 79.7 cm³/mol. The molecular weight excluding hydrogens is 278 g/mol. The zero-order valence-corrected chi connectivity index (χ0v) is 11.7. The van der Waals surface area contributed by atoms with E-state index in [0.29, 0.717) is 24.3 Å². The maximum atomic E-state index is 11.2. The first-order valence-corrected chi connectivity index (χ1v) is 6.74. The van der Waals surface area contributed by atoms with E-state index in [1.807, 2.05) is 0 Å². The summed E-state index contributed by atoms with van der Waals surface area (Å²) in [6, 6.07) is 4.70. The van der Waals surface area contributed by atoms with Crippen LogP contribution in [0.15, 0.2) is 18.2 Å². The van der Waals surface area contributed by atoms with Crippen LogP contribution >= 0.6 is 0 Å². The van der Waals surface area contributed by atoms with E-state index in [4.69, 9.17) is 15.3 Å². The number of hydrogen-bond donors (Lipinski definition) is 4. The largest absolute Gasteiger partial charge is 0.396 e. The van der Waals surface area contributed by atoms with E-state index in [-0.39, 0.29) is 38.6 Å². The molecule has 0 bridgehead atoms. The minimum atomic E-state index is -0.492. The van der Waals surface area contributed by atoms with Crippen molar-refractivity contribution in [3.63, 3.8) is 0 Å². The summed E-state index contributed by atoms with van der Waals surface area (Å²) < 4.78 is 0. The van der Waals surface area contributed by atoms with Crippen molar-refractivity contribution in [1.29, 1.82) is 0 Å². The van der Waals surface area contributed by atoms with Crippen molar-refractivity contribution >= 4 is 17.1 Å². The molecule has 0 atom stereocenters. The fourth-order valence-electron chi connectivity index (χ4n) is 1.95. The summed E-state index contributed by atoms with van der Waals surface area (Å²) in [7, 11) is 0. The number of nitro groups is 1. The van der Waals surface area contributed by atoms with Crippen LogP contribution in [-0.2, 0) is 0 Å². The highest BCUT2D eigenvalue weighted by Crippen LogP contribution is 2.31. The van der Waals surface area contributed by atoms with Gasteiger partial charge >= 0.3 is 0 Å². The van der Waals surface area contributed by atoms with Crippen LogP contribution in [0.25, 0.3) is 0 Å². The quantitative estimate of drug-likeness (QED) is 0.276. The Morgan fingerprint density at radius 2 is 1.81 bits per heavy atom. The van der Waals surface area contributed by atoms with Crippen LogP contribution in [0, 0.1) is 10.1 Å². The fourth-order valence-corrected chi connectivity index (χ4v) is 1.95. The molecule has 0 fully saturated rings. The lowest BCUT2D eigenvalue weighted by molar-refractivity contribution is -0.384. The summed E-state index contributed by atoms with van der Waals surface area (Å²) in [5.74, 6) is 0. The van der Waals surface area contributed by atoms with Gasteiger partial charge in [0.1, 0.15) is 5.69 Å². The highest BCUT2D eigenvalue weighted by molar-refractivity contribution is 5.69. The minimum absolute atomic E-state index is 0.0496. The monoisotopic (exact) mass is 299 g/mol. The lowest BCUT2D eigenvalue weighted by Gasteiger charge is -2.23. The average molecular weight is 299 g/mol. The summed E-state index contributed by atoms with van der Waals surface area (Å²) in [5, 5.41) is 41.0. The average Bonchev–Trinajstić information content (AvgIpc) is 2.47. The van der Waals surface area contributed by atoms with Crippen LogP contribution in [0.5, 0.6) is 0 Å². The normalized spacial score (nSPS) is 10.4. The molecule has 0 aliphatic carbocycles. The van der Waals surface area contributed by atoms with Crippen molar-refractivity contribution in [2.45, 2.75) is 6.42 Å². The molecule has 0 amide bonds. The van der Waals surface area contributed by atoms with Gasteiger partial charge in [-0.1, -0.05) is 0 Å². The number of anilines is 2. The lowest BCUT2D eigenvalue weighted by atomic mass is 10.2. The summed E-state index contributed by atoms with van der Waals surface area (Å²) in [6.45, 7) is 0.663. The molecular formula is C13H21N3O5. The molecule has 8 heteroatoms. The molecule has 1 rings (SSSR count). The number of hydrogen-bond acceptors (Lipinski definition) is 7. The van der Waals surface area contributed by atoms with Gasteiger partial charge in [0.25, 0.3) is 5.69 Å². The Hall–Kier alpha value is -1.90. The lowest BCUT2D eigenvalue weighted by Crippen LogP contribution is -2.30. The summed E-state index contributed by atoms with van der Waals surface area (Å²) in [5.41, 5.74) is 0.855. The first-order chi connectivity index (χ1) is 10.1. The van der Waals surface area contributed by atoms with Crippen LogP contribution < -0.4 is 10.2 Å². The molecule has 118 valence electrons. The van der Waals surface area contributed by atoms with E-state index in [2.05, 4.69) is 5.32 Å². The molecule has 4 N–H and O–H groups in total. The number of nitrogens with one attached hydrogen (secondary N) is 1. The molecule has 0 saturated carbocycles. The third kappa shape index (κ3) is 5.18. The highest BCUT2D eigenvalue weighted by Gasteiger charge is 2.19. The zero-order valence-electron chi connectivity index (χ0n) is 11.7. The number of aliphatic hydroxyl groups is 3. The number of aliphatic hydroxyl groups excluding tert-OH is 3. The van der Waals surface area contributed by atoms with E-state index in [9.17, 15) is 10.1 Å². The summed E-state index contributed by atoms with van der Waals surface area (Å²) >= 11 is 0. The Balaban J connectivity index is 2.99. The van der Waals surface area contributed by atoms with Crippen molar-refractivity contribution in [3.8, 4) is 0 Å². The SMILES string of the molecule is O=[N+]([O-])c1cc(NCCCO)ccc1N(CCO)CCO. The van der Waals surface area contributed by atoms with Gasteiger partial charge in [-0.3, -0.25) is 10.1 Å².